The maximum absolute atomic E-state index is 7.44. The molecule has 0 radical (unpaired) electrons. The van der Waals surface area contributed by atoms with Gasteiger partial charge in [-0.2, -0.15) is 0 Å². The zero-order chi connectivity index (χ0) is 47.3. The lowest BCUT2D eigenvalue weighted by molar-refractivity contribution is 0.332. The molecule has 0 N–H and O–H groups in total. The zero-order valence-corrected chi connectivity index (χ0v) is 42.4. The van der Waals surface area contributed by atoms with E-state index in [1.165, 1.54) is 89.0 Å². The second-order valence-corrected chi connectivity index (χ2v) is 24.6. The van der Waals surface area contributed by atoms with Crippen molar-refractivity contribution in [2.45, 2.75) is 137 Å². The molecule has 4 heteroatoms. The molecule has 67 heavy (non-hydrogen) atoms. The van der Waals surface area contributed by atoms with Gasteiger partial charge in [-0.3, -0.25) is 0 Å². The number of rotatable bonds is 3. The number of nitrogens with zero attached hydrogens (tertiary/aromatic N) is 2. The molecule has 0 saturated heterocycles. The molecule has 0 bridgehead atoms. The number of hydrogen-bond acceptors (Lipinski definition) is 3. The van der Waals surface area contributed by atoms with Crippen LogP contribution in [0.2, 0.25) is 0 Å². The maximum Gasteiger partial charge on any atom is 0.297 e. The van der Waals surface area contributed by atoms with Gasteiger partial charge in [0.1, 0.15) is 5.58 Å². The summed E-state index contributed by atoms with van der Waals surface area (Å²) in [6.07, 6.45) is 2.29. The van der Waals surface area contributed by atoms with Crippen LogP contribution < -0.4 is 26.4 Å². The Morgan fingerprint density at radius 2 is 1.09 bits per heavy atom. The zero-order valence-electron chi connectivity index (χ0n) is 42.4. The van der Waals surface area contributed by atoms with Crippen molar-refractivity contribution < 1.29 is 4.42 Å². The molecule has 338 valence electrons. The van der Waals surface area contributed by atoms with Crippen molar-refractivity contribution in [1.82, 2.24) is 0 Å². The Balaban J connectivity index is 1.29. The van der Waals surface area contributed by atoms with Crippen molar-refractivity contribution in [3.63, 3.8) is 0 Å². The van der Waals surface area contributed by atoms with Gasteiger partial charge in [0.25, 0.3) is 6.71 Å². The molecule has 0 atom stereocenters. The third-order valence-corrected chi connectivity index (χ3v) is 15.8. The predicted molar refractivity (Wildman–Crippen MR) is 289 cm³/mol. The van der Waals surface area contributed by atoms with Crippen LogP contribution in [0.25, 0.3) is 32.9 Å². The van der Waals surface area contributed by atoms with Gasteiger partial charge in [-0.1, -0.05) is 163 Å². The molecule has 1 aromatic heterocycles. The Kier molecular flexibility index (Phi) is 9.43. The molecule has 0 saturated carbocycles. The van der Waals surface area contributed by atoms with Crippen LogP contribution >= 0.6 is 0 Å². The number of benzene rings is 7. The Morgan fingerprint density at radius 1 is 0.507 bits per heavy atom. The molecule has 1 aliphatic carbocycles. The third kappa shape index (κ3) is 6.82. The lowest BCUT2D eigenvalue weighted by Gasteiger charge is -2.47. The van der Waals surface area contributed by atoms with E-state index in [0.717, 1.165) is 40.8 Å². The molecule has 3 aliphatic rings. The van der Waals surface area contributed by atoms with Crippen LogP contribution in [0.4, 0.5) is 34.1 Å². The summed E-state index contributed by atoms with van der Waals surface area (Å²) in [5.41, 5.74) is 22.2. The molecule has 7 aromatic carbocycles. The number of anilines is 6. The average molecular weight is 879 g/mol. The lowest BCUT2D eigenvalue weighted by atomic mass is 9.35. The van der Waals surface area contributed by atoms with E-state index in [0.29, 0.717) is 0 Å². The summed E-state index contributed by atoms with van der Waals surface area (Å²) in [5, 5.41) is 3.67. The summed E-state index contributed by atoms with van der Waals surface area (Å²) in [4.78, 5) is 5.21. The van der Waals surface area contributed by atoms with Crippen LogP contribution in [0.15, 0.2) is 132 Å². The quantitative estimate of drug-likeness (QED) is 0.165. The van der Waals surface area contributed by atoms with Crippen LogP contribution in [0.5, 0.6) is 0 Å². The van der Waals surface area contributed by atoms with Crippen LogP contribution in [0, 0.1) is 6.92 Å². The highest BCUT2D eigenvalue weighted by Gasteiger charge is 2.49. The Bertz CT molecular complexity index is 3320. The first-order chi connectivity index (χ1) is 31.5. The van der Waals surface area contributed by atoms with Gasteiger partial charge in [-0.05, 0) is 162 Å². The fourth-order valence-corrected chi connectivity index (χ4v) is 11.7. The maximum atomic E-state index is 7.44. The first kappa shape index (κ1) is 43.6. The van der Waals surface area contributed by atoms with Crippen molar-refractivity contribution >= 4 is 79.2 Å². The second kappa shape index (κ2) is 14.5. The molecule has 8 aromatic rings. The number of aryl methyl sites for hydroxylation is 1. The van der Waals surface area contributed by atoms with Crippen molar-refractivity contribution in [2.24, 2.45) is 0 Å². The van der Waals surface area contributed by atoms with Gasteiger partial charge >= 0.3 is 0 Å². The van der Waals surface area contributed by atoms with E-state index >= 15 is 0 Å². The summed E-state index contributed by atoms with van der Waals surface area (Å²) in [5.74, 6) is 0. The Labute approximate surface area is 400 Å². The van der Waals surface area contributed by atoms with E-state index in [1.54, 1.807) is 0 Å². The highest BCUT2D eigenvalue weighted by atomic mass is 16.3. The number of fused-ring (bicyclic) bond motifs is 8. The van der Waals surface area contributed by atoms with Crippen LogP contribution in [-0.4, -0.2) is 6.71 Å². The smallest absolute Gasteiger partial charge is 0.297 e. The molecule has 0 unspecified atom stereocenters. The van der Waals surface area contributed by atoms with Gasteiger partial charge in [0.05, 0.1) is 17.0 Å². The van der Waals surface area contributed by atoms with Crippen LogP contribution in [0.3, 0.4) is 0 Å². The minimum Gasteiger partial charge on any atom is -0.468 e. The summed E-state index contributed by atoms with van der Waals surface area (Å²) in [6.45, 7) is 32.8. The van der Waals surface area contributed by atoms with Gasteiger partial charge in [-0.15, -0.1) is 0 Å². The molecule has 0 fully saturated rings. The van der Waals surface area contributed by atoms with Gasteiger partial charge in [-0.25, -0.2) is 0 Å². The summed E-state index contributed by atoms with van der Waals surface area (Å²) < 4.78 is 7.44. The van der Waals surface area contributed by atoms with Crippen molar-refractivity contribution in [3.8, 4) is 11.1 Å². The summed E-state index contributed by atoms with van der Waals surface area (Å²) in [7, 11) is 0. The molecule has 0 spiro atoms. The van der Waals surface area contributed by atoms with E-state index in [4.69, 9.17) is 4.42 Å². The van der Waals surface area contributed by atoms with Gasteiger partial charge in [0.2, 0.25) is 0 Å². The average Bonchev–Trinajstić information content (AvgIpc) is 3.65. The fourth-order valence-electron chi connectivity index (χ4n) is 11.7. The van der Waals surface area contributed by atoms with Gasteiger partial charge < -0.3 is 14.2 Å². The topological polar surface area (TPSA) is 19.6 Å². The molecular formula is C63H67BN2O. The largest absolute Gasteiger partial charge is 0.468 e. The van der Waals surface area contributed by atoms with E-state index in [9.17, 15) is 0 Å². The van der Waals surface area contributed by atoms with E-state index in [2.05, 4.69) is 234 Å². The van der Waals surface area contributed by atoms with Gasteiger partial charge in [0.15, 0.2) is 0 Å². The van der Waals surface area contributed by atoms with Crippen molar-refractivity contribution in [1.29, 1.82) is 0 Å². The minimum absolute atomic E-state index is 0.00854. The third-order valence-electron chi connectivity index (χ3n) is 15.8. The van der Waals surface area contributed by atoms with E-state index < -0.39 is 0 Å². The van der Waals surface area contributed by atoms with Crippen LogP contribution in [-0.2, 0) is 27.1 Å². The predicted octanol–water partition coefficient (Wildman–Crippen LogP) is 15.9. The first-order valence-electron chi connectivity index (χ1n) is 24.8. The van der Waals surface area contributed by atoms with E-state index in [1.807, 2.05) is 0 Å². The second-order valence-electron chi connectivity index (χ2n) is 24.6. The van der Waals surface area contributed by atoms with Crippen molar-refractivity contribution in [3.05, 3.63) is 161 Å². The standard InChI is InChI=1S/C63H67BN2O/c1-38-32-53-56-54(33-38)66(51-28-24-41(60(5,6)7)34-46(51)45-21-17-19-39-18-15-16-20-44(39)45)52-37-49-48(62(11,12)30-31-63(49,13)14)36-50(52)64(56)58-57(47-35-42(61(8,9)10)25-29-55(47)67-58)65(53)43-26-22-40(23-27-43)59(2,3)4/h15-29,32-37H,30-31H2,1-14H3. The fraction of sp³-hybridized carbons (Fsp3) is 0.333. The monoisotopic (exact) mass is 879 g/mol. The van der Waals surface area contributed by atoms with E-state index in [-0.39, 0.29) is 33.8 Å². The molecule has 3 heterocycles. The summed E-state index contributed by atoms with van der Waals surface area (Å²) >= 11 is 0. The number of hydrogen-bond donors (Lipinski definition) is 0. The molecule has 11 rings (SSSR count). The molecule has 0 amide bonds. The van der Waals surface area contributed by atoms with Gasteiger partial charge in [0, 0.05) is 33.7 Å². The molecule has 3 nitrogen and oxygen atoms in total. The number of furan rings is 1. The highest BCUT2D eigenvalue weighted by molar-refractivity contribution is 7.00. The Morgan fingerprint density at radius 3 is 1.76 bits per heavy atom. The van der Waals surface area contributed by atoms with Crippen molar-refractivity contribution in [2.75, 3.05) is 9.80 Å². The SMILES string of the molecule is Cc1cc2c3c(c1)N(c1ccc(C(C)(C)C)cc1)c1c(oc4ccc(C(C)(C)C)cc14)B3c1cc3c(cc1N2c1ccc(C(C)(C)C)cc1-c1cccc2ccccc12)C(C)(C)CCC3(C)C. The highest BCUT2D eigenvalue weighted by Crippen LogP contribution is 2.53. The summed E-state index contributed by atoms with van der Waals surface area (Å²) in [6, 6.07) is 49.4. The van der Waals surface area contributed by atoms with Crippen LogP contribution in [0.1, 0.15) is 136 Å². The first-order valence-corrected chi connectivity index (χ1v) is 24.8. The lowest BCUT2D eigenvalue weighted by Crippen LogP contribution is -2.61. The Hall–Kier alpha value is -6.00. The molecular weight excluding hydrogens is 812 g/mol. The minimum atomic E-state index is -0.136. The normalized spacial score (nSPS) is 16.2. The molecule has 2 aliphatic heterocycles.